The van der Waals surface area contributed by atoms with Crippen molar-refractivity contribution in [3.8, 4) is 0 Å². The Kier molecular flexibility index (Phi) is 3.73. The maximum absolute atomic E-state index is 12.6. The lowest BCUT2D eigenvalue weighted by molar-refractivity contribution is -0.131. The number of rotatable bonds is 3. The van der Waals surface area contributed by atoms with Gasteiger partial charge in [0.05, 0.1) is 18.2 Å². The fourth-order valence-corrected chi connectivity index (χ4v) is 3.00. The predicted octanol–water partition coefficient (Wildman–Crippen LogP) is 2.59. The van der Waals surface area contributed by atoms with Crippen molar-refractivity contribution in [2.45, 2.75) is 39.2 Å². The summed E-state index contributed by atoms with van der Waals surface area (Å²) in [6, 6.07) is 4.15. The van der Waals surface area contributed by atoms with Gasteiger partial charge in [-0.2, -0.15) is 0 Å². The molecule has 2 aromatic heterocycles. The first kappa shape index (κ1) is 13.8. The highest BCUT2D eigenvalue weighted by Gasteiger charge is 2.30. The van der Waals surface area contributed by atoms with Gasteiger partial charge in [-0.1, -0.05) is 5.16 Å². The fourth-order valence-electron chi connectivity index (χ4n) is 3.00. The maximum Gasteiger partial charge on any atom is 0.227 e. The molecule has 0 bridgehead atoms. The molecule has 2 aromatic rings. The minimum Gasteiger partial charge on any atom is -0.361 e. The van der Waals surface area contributed by atoms with Crippen LogP contribution in [0.1, 0.15) is 41.5 Å². The first-order valence-electron chi connectivity index (χ1n) is 7.28. The molecule has 1 atom stereocenters. The molecule has 1 amide bonds. The van der Waals surface area contributed by atoms with E-state index in [1.807, 2.05) is 30.9 Å². The molecule has 1 saturated heterocycles. The fraction of sp³-hybridized carbons (Fsp3) is 0.438. The smallest absolute Gasteiger partial charge is 0.227 e. The molecule has 0 N–H and O–H groups in total. The van der Waals surface area contributed by atoms with E-state index in [1.54, 1.807) is 12.4 Å². The summed E-state index contributed by atoms with van der Waals surface area (Å²) in [4.78, 5) is 18.7. The summed E-state index contributed by atoms with van der Waals surface area (Å²) < 4.78 is 5.14. The van der Waals surface area contributed by atoms with Gasteiger partial charge in [0.2, 0.25) is 5.91 Å². The molecule has 21 heavy (non-hydrogen) atoms. The molecule has 0 radical (unpaired) electrons. The first-order valence-corrected chi connectivity index (χ1v) is 7.28. The van der Waals surface area contributed by atoms with Gasteiger partial charge in [0.1, 0.15) is 5.76 Å². The number of nitrogens with zero attached hydrogens (tertiary/aromatic N) is 3. The van der Waals surface area contributed by atoms with E-state index in [4.69, 9.17) is 4.52 Å². The minimum absolute atomic E-state index is 0.142. The van der Waals surface area contributed by atoms with Gasteiger partial charge in [0, 0.05) is 24.5 Å². The third kappa shape index (κ3) is 2.68. The Morgan fingerprint density at radius 2 is 2.14 bits per heavy atom. The number of aryl methyl sites for hydroxylation is 2. The summed E-state index contributed by atoms with van der Waals surface area (Å²) in [7, 11) is 0. The number of amides is 1. The molecule has 1 aliphatic heterocycles. The number of carbonyl (C=O) groups is 1. The Morgan fingerprint density at radius 3 is 2.81 bits per heavy atom. The predicted molar refractivity (Wildman–Crippen MR) is 77.6 cm³/mol. The number of likely N-dealkylation sites (tertiary alicyclic amines) is 1. The van der Waals surface area contributed by atoms with Crippen molar-refractivity contribution in [3.63, 3.8) is 0 Å². The van der Waals surface area contributed by atoms with E-state index in [0.717, 1.165) is 42.0 Å². The van der Waals surface area contributed by atoms with Gasteiger partial charge in [-0.25, -0.2) is 0 Å². The Labute approximate surface area is 124 Å². The van der Waals surface area contributed by atoms with E-state index in [9.17, 15) is 4.79 Å². The molecule has 3 rings (SSSR count). The van der Waals surface area contributed by atoms with Crippen LogP contribution in [0.25, 0.3) is 0 Å². The van der Waals surface area contributed by atoms with Crippen molar-refractivity contribution >= 4 is 5.91 Å². The van der Waals surface area contributed by atoms with Crippen molar-refractivity contribution in [1.29, 1.82) is 0 Å². The molecule has 1 aliphatic rings. The van der Waals surface area contributed by atoms with Crippen molar-refractivity contribution in [2.75, 3.05) is 6.54 Å². The van der Waals surface area contributed by atoms with Crippen LogP contribution in [0.5, 0.6) is 0 Å². The lowest BCUT2D eigenvalue weighted by atomic mass is 10.0. The summed E-state index contributed by atoms with van der Waals surface area (Å²) in [6.45, 7) is 4.55. The van der Waals surface area contributed by atoms with E-state index in [0.29, 0.717) is 6.42 Å². The highest BCUT2D eigenvalue weighted by molar-refractivity contribution is 5.80. The third-order valence-electron chi connectivity index (χ3n) is 4.17. The van der Waals surface area contributed by atoms with Crippen LogP contribution in [0.3, 0.4) is 0 Å². The second-order valence-electron chi connectivity index (χ2n) is 5.51. The topological polar surface area (TPSA) is 59.2 Å². The van der Waals surface area contributed by atoms with Crippen LogP contribution in [0, 0.1) is 13.8 Å². The number of hydrogen-bond donors (Lipinski definition) is 0. The molecular formula is C16H19N3O2. The minimum atomic E-state index is 0.142. The first-order chi connectivity index (χ1) is 10.2. The molecule has 0 aliphatic carbocycles. The normalized spacial score (nSPS) is 18.2. The molecular weight excluding hydrogens is 266 g/mol. The van der Waals surface area contributed by atoms with E-state index < -0.39 is 0 Å². The zero-order chi connectivity index (χ0) is 14.8. The molecule has 5 nitrogen and oxygen atoms in total. The van der Waals surface area contributed by atoms with Crippen molar-refractivity contribution in [2.24, 2.45) is 0 Å². The molecule has 110 valence electrons. The van der Waals surface area contributed by atoms with Crippen LogP contribution in [-0.2, 0) is 11.2 Å². The van der Waals surface area contributed by atoms with Gasteiger partial charge in [0.15, 0.2) is 0 Å². The average molecular weight is 285 g/mol. The number of aromatic nitrogens is 2. The average Bonchev–Trinajstić information content (AvgIpc) is 3.10. The summed E-state index contributed by atoms with van der Waals surface area (Å²) in [5.74, 6) is 0.879. The SMILES string of the molecule is Cc1noc(C)c1CC(=O)N1CCC[C@@H]1c1ccncc1. The summed E-state index contributed by atoms with van der Waals surface area (Å²) in [5, 5.41) is 3.92. The highest BCUT2D eigenvalue weighted by Crippen LogP contribution is 2.32. The van der Waals surface area contributed by atoms with Crippen LogP contribution in [0.4, 0.5) is 0 Å². The van der Waals surface area contributed by atoms with Crippen LogP contribution in [0.15, 0.2) is 29.0 Å². The molecule has 0 aromatic carbocycles. The van der Waals surface area contributed by atoms with Crippen molar-refractivity contribution in [3.05, 3.63) is 47.1 Å². The molecule has 5 heteroatoms. The summed E-state index contributed by atoms with van der Waals surface area (Å²) >= 11 is 0. The second-order valence-corrected chi connectivity index (χ2v) is 5.51. The van der Waals surface area contributed by atoms with Gasteiger partial charge in [-0.15, -0.1) is 0 Å². The molecule has 1 fully saturated rings. The van der Waals surface area contributed by atoms with E-state index in [2.05, 4.69) is 10.1 Å². The Morgan fingerprint density at radius 1 is 1.38 bits per heavy atom. The van der Waals surface area contributed by atoms with E-state index in [1.165, 1.54) is 0 Å². The Balaban J connectivity index is 1.78. The van der Waals surface area contributed by atoms with Gasteiger partial charge < -0.3 is 9.42 Å². The van der Waals surface area contributed by atoms with Crippen molar-refractivity contribution in [1.82, 2.24) is 15.0 Å². The van der Waals surface area contributed by atoms with Crippen LogP contribution < -0.4 is 0 Å². The molecule has 3 heterocycles. The second kappa shape index (κ2) is 5.68. The zero-order valence-corrected chi connectivity index (χ0v) is 12.4. The third-order valence-corrected chi connectivity index (χ3v) is 4.17. The quantitative estimate of drug-likeness (QED) is 0.869. The summed E-state index contributed by atoms with van der Waals surface area (Å²) in [5.41, 5.74) is 2.88. The van der Waals surface area contributed by atoms with Gasteiger partial charge >= 0.3 is 0 Å². The van der Waals surface area contributed by atoms with Gasteiger partial charge in [-0.3, -0.25) is 9.78 Å². The Bertz CT molecular complexity index is 617. The highest BCUT2D eigenvalue weighted by atomic mass is 16.5. The number of hydrogen-bond acceptors (Lipinski definition) is 4. The van der Waals surface area contributed by atoms with Crippen LogP contribution in [0.2, 0.25) is 0 Å². The van der Waals surface area contributed by atoms with Crippen LogP contribution in [-0.4, -0.2) is 27.5 Å². The van der Waals surface area contributed by atoms with Crippen LogP contribution >= 0.6 is 0 Å². The van der Waals surface area contributed by atoms with Crippen molar-refractivity contribution < 1.29 is 9.32 Å². The lowest BCUT2D eigenvalue weighted by Crippen LogP contribution is -2.32. The monoisotopic (exact) mass is 285 g/mol. The zero-order valence-electron chi connectivity index (χ0n) is 12.4. The number of pyridine rings is 1. The lowest BCUT2D eigenvalue weighted by Gasteiger charge is -2.25. The van der Waals surface area contributed by atoms with E-state index in [-0.39, 0.29) is 11.9 Å². The summed E-state index contributed by atoms with van der Waals surface area (Å²) in [6.07, 6.45) is 5.98. The largest absolute Gasteiger partial charge is 0.361 e. The van der Waals surface area contributed by atoms with E-state index >= 15 is 0 Å². The number of carbonyl (C=O) groups excluding carboxylic acids is 1. The maximum atomic E-state index is 12.6. The standard InChI is InChI=1S/C16H19N3O2/c1-11-14(12(2)21-18-11)10-16(20)19-9-3-4-15(19)13-5-7-17-8-6-13/h5-8,15H,3-4,9-10H2,1-2H3/t15-/m1/s1. The Hall–Kier alpha value is -2.17. The van der Waals surface area contributed by atoms with Gasteiger partial charge in [-0.05, 0) is 44.4 Å². The molecule has 0 saturated carbocycles. The molecule has 0 spiro atoms. The molecule has 0 unspecified atom stereocenters. The van der Waals surface area contributed by atoms with Gasteiger partial charge in [0.25, 0.3) is 0 Å².